The smallest absolute Gasteiger partial charge is 0.174 e. The number of hydrogen-bond acceptors (Lipinski definition) is 2. The van der Waals surface area contributed by atoms with Gasteiger partial charge in [-0.3, -0.25) is 0 Å². The van der Waals surface area contributed by atoms with Crippen LogP contribution in [0.25, 0.3) is 0 Å². The lowest BCUT2D eigenvalue weighted by Crippen LogP contribution is -2.24. The maximum atomic E-state index is 5.92. The molecule has 0 unspecified atom stereocenters. The summed E-state index contributed by atoms with van der Waals surface area (Å²) in [6.45, 7) is 16.7. The summed E-state index contributed by atoms with van der Waals surface area (Å²) >= 11 is 0. The summed E-state index contributed by atoms with van der Waals surface area (Å²) in [6.07, 6.45) is 0. The average molecular weight is 220 g/mol. The first kappa shape index (κ1) is 14.3. The van der Waals surface area contributed by atoms with Gasteiger partial charge in [-0.15, -0.1) is 0 Å². The third kappa shape index (κ3) is 7.73. The molecule has 0 saturated carbocycles. The molecular formula is C11H25O2P. The Morgan fingerprint density at radius 1 is 0.786 bits per heavy atom. The summed E-state index contributed by atoms with van der Waals surface area (Å²) in [6, 6.07) is 0. The number of rotatable bonds is 3. The van der Waals surface area contributed by atoms with Gasteiger partial charge in [0.15, 0.2) is 8.38 Å². The van der Waals surface area contributed by atoms with Crippen LogP contribution >= 0.6 is 8.38 Å². The zero-order valence-corrected chi connectivity index (χ0v) is 11.7. The summed E-state index contributed by atoms with van der Waals surface area (Å²) in [5, 5.41) is 0. The highest BCUT2D eigenvalue weighted by molar-refractivity contribution is 7.48. The van der Waals surface area contributed by atoms with Crippen molar-refractivity contribution in [1.82, 2.24) is 0 Å². The lowest BCUT2D eigenvalue weighted by Gasteiger charge is -2.33. The standard InChI is InChI=1S/C11H25O2P/c1-9(2)14(12-10(3,4)5)13-11(6,7)8/h9H,1-8H3. The van der Waals surface area contributed by atoms with E-state index in [9.17, 15) is 0 Å². The van der Waals surface area contributed by atoms with Gasteiger partial charge in [0, 0.05) is 5.66 Å². The van der Waals surface area contributed by atoms with E-state index in [0.717, 1.165) is 0 Å². The summed E-state index contributed by atoms with van der Waals surface area (Å²) < 4.78 is 11.8. The van der Waals surface area contributed by atoms with Gasteiger partial charge in [0.2, 0.25) is 0 Å². The minimum absolute atomic E-state index is 0.124. The van der Waals surface area contributed by atoms with Crippen LogP contribution in [0.2, 0.25) is 0 Å². The summed E-state index contributed by atoms with van der Waals surface area (Å²) in [4.78, 5) is 0. The van der Waals surface area contributed by atoms with Crippen molar-refractivity contribution in [3.63, 3.8) is 0 Å². The highest BCUT2D eigenvalue weighted by atomic mass is 31.2. The van der Waals surface area contributed by atoms with E-state index in [0.29, 0.717) is 5.66 Å². The Bertz CT molecular complexity index is 149. The molecule has 0 N–H and O–H groups in total. The maximum absolute atomic E-state index is 5.92. The van der Waals surface area contributed by atoms with Gasteiger partial charge in [0.1, 0.15) is 0 Å². The van der Waals surface area contributed by atoms with Crippen LogP contribution in [0, 0.1) is 0 Å². The molecule has 14 heavy (non-hydrogen) atoms. The maximum Gasteiger partial charge on any atom is 0.174 e. The summed E-state index contributed by atoms with van der Waals surface area (Å²) in [5.41, 5.74) is 0.186. The predicted octanol–water partition coefficient (Wildman–Crippen LogP) is 4.34. The Balaban J connectivity index is 4.32. The molecule has 0 heterocycles. The van der Waals surface area contributed by atoms with Crippen LogP contribution < -0.4 is 0 Å². The molecule has 0 aromatic carbocycles. The van der Waals surface area contributed by atoms with E-state index in [-0.39, 0.29) is 11.2 Å². The monoisotopic (exact) mass is 220 g/mol. The fraction of sp³-hybridized carbons (Fsp3) is 1.00. The largest absolute Gasteiger partial charge is 0.328 e. The van der Waals surface area contributed by atoms with Crippen molar-refractivity contribution >= 4 is 8.38 Å². The van der Waals surface area contributed by atoms with Crippen molar-refractivity contribution in [3.05, 3.63) is 0 Å². The quantitative estimate of drug-likeness (QED) is 0.659. The second kappa shape index (κ2) is 4.92. The molecule has 0 atom stereocenters. The van der Waals surface area contributed by atoms with Crippen LogP contribution in [0.3, 0.4) is 0 Å². The Morgan fingerprint density at radius 3 is 1.21 bits per heavy atom. The van der Waals surface area contributed by atoms with Gasteiger partial charge >= 0.3 is 0 Å². The fourth-order valence-corrected chi connectivity index (χ4v) is 2.31. The second-order valence-electron chi connectivity index (χ2n) is 5.79. The molecule has 0 radical (unpaired) electrons. The molecule has 0 fully saturated rings. The lowest BCUT2D eigenvalue weighted by atomic mass is 10.2. The molecule has 0 aromatic heterocycles. The van der Waals surface area contributed by atoms with E-state index in [2.05, 4.69) is 55.4 Å². The van der Waals surface area contributed by atoms with Gasteiger partial charge in [-0.1, -0.05) is 13.8 Å². The van der Waals surface area contributed by atoms with Crippen molar-refractivity contribution in [2.75, 3.05) is 0 Å². The van der Waals surface area contributed by atoms with Gasteiger partial charge in [0.05, 0.1) is 11.2 Å². The van der Waals surface area contributed by atoms with Gasteiger partial charge in [-0.25, -0.2) is 0 Å². The van der Waals surface area contributed by atoms with Crippen LogP contribution in [-0.4, -0.2) is 16.9 Å². The van der Waals surface area contributed by atoms with Crippen molar-refractivity contribution < 1.29 is 9.05 Å². The van der Waals surface area contributed by atoms with Crippen LogP contribution in [0.1, 0.15) is 55.4 Å². The first-order valence-electron chi connectivity index (χ1n) is 5.19. The molecule has 0 aromatic rings. The van der Waals surface area contributed by atoms with Crippen molar-refractivity contribution in [1.29, 1.82) is 0 Å². The minimum Gasteiger partial charge on any atom is -0.328 e. The predicted molar refractivity (Wildman–Crippen MR) is 63.7 cm³/mol. The zero-order valence-electron chi connectivity index (χ0n) is 10.8. The molecule has 0 aliphatic rings. The average Bonchev–Trinajstić information content (AvgIpc) is 1.78. The van der Waals surface area contributed by atoms with E-state index < -0.39 is 8.38 Å². The summed E-state index contributed by atoms with van der Waals surface area (Å²) in [5.74, 6) is 0. The van der Waals surface area contributed by atoms with Crippen LogP contribution in [0.4, 0.5) is 0 Å². The first-order chi connectivity index (χ1) is 6.01. The van der Waals surface area contributed by atoms with Crippen LogP contribution in [0.5, 0.6) is 0 Å². The van der Waals surface area contributed by atoms with E-state index in [4.69, 9.17) is 9.05 Å². The molecule has 0 amide bonds. The van der Waals surface area contributed by atoms with Gasteiger partial charge < -0.3 is 9.05 Å². The first-order valence-corrected chi connectivity index (χ1v) is 6.43. The Kier molecular flexibility index (Phi) is 5.04. The molecule has 3 heteroatoms. The van der Waals surface area contributed by atoms with Gasteiger partial charge in [-0.05, 0) is 41.5 Å². The normalized spacial score (nSPS) is 14.1. The molecule has 86 valence electrons. The lowest BCUT2D eigenvalue weighted by molar-refractivity contribution is 0.0706. The third-order valence-corrected chi connectivity index (χ3v) is 3.45. The summed E-state index contributed by atoms with van der Waals surface area (Å²) in [7, 11) is -0.796. The van der Waals surface area contributed by atoms with Crippen LogP contribution in [-0.2, 0) is 9.05 Å². The molecule has 0 aliphatic heterocycles. The molecular weight excluding hydrogens is 195 g/mol. The van der Waals surface area contributed by atoms with Crippen molar-refractivity contribution in [2.24, 2.45) is 0 Å². The SMILES string of the molecule is CC(C)P(OC(C)(C)C)OC(C)(C)C. The highest BCUT2D eigenvalue weighted by Crippen LogP contribution is 2.49. The molecule has 0 bridgehead atoms. The van der Waals surface area contributed by atoms with E-state index in [1.807, 2.05) is 0 Å². The van der Waals surface area contributed by atoms with Crippen LogP contribution in [0.15, 0.2) is 0 Å². The Morgan fingerprint density at radius 2 is 1.07 bits per heavy atom. The van der Waals surface area contributed by atoms with Gasteiger partial charge in [0.25, 0.3) is 0 Å². The fourth-order valence-electron chi connectivity index (χ4n) is 0.769. The highest BCUT2D eigenvalue weighted by Gasteiger charge is 2.27. The van der Waals surface area contributed by atoms with E-state index >= 15 is 0 Å². The minimum atomic E-state index is -0.796. The Labute approximate surface area is 90.3 Å². The van der Waals surface area contributed by atoms with E-state index in [1.165, 1.54) is 0 Å². The zero-order chi connectivity index (χ0) is 11.6. The molecule has 0 aliphatic carbocycles. The second-order valence-corrected chi connectivity index (χ2v) is 7.76. The third-order valence-electron chi connectivity index (χ3n) is 1.15. The topological polar surface area (TPSA) is 18.5 Å². The van der Waals surface area contributed by atoms with Crippen molar-refractivity contribution in [3.8, 4) is 0 Å². The number of hydrogen-bond donors (Lipinski definition) is 0. The molecule has 0 rings (SSSR count). The van der Waals surface area contributed by atoms with Crippen molar-refractivity contribution in [2.45, 2.75) is 72.3 Å². The molecule has 2 nitrogen and oxygen atoms in total. The molecule has 0 spiro atoms. The van der Waals surface area contributed by atoms with E-state index in [1.54, 1.807) is 0 Å². The Hall–Kier alpha value is 0.350. The van der Waals surface area contributed by atoms with Gasteiger partial charge in [-0.2, -0.15) is 0 Å². The molecule has 0 saturated heterocycles.